The van der Waals surface area contributed by atoms with Crippen LogP contribution in [0.25, 0.3) is 0 Å². The molecule has 0 bridgehead atoms. The second kappa shape index (κ2) is 5.60. The Labute approximate surface area is 111 Å². The third-order valence-corrected chi connectivity index (χ3v) is 5.10. The highest BCUT2D eigenvalue weighted by Crippen LogP contribution is 2.35. The molecule has 1 amide bonds. The van der Waals surface area contributed by atoms with E-state index in [1.54, 1.807) is 0 Å². The minimum Gasteiger partial charge on any atom is -0.353 e. The quantitative estimate of drug-likeness (QED) is 0.809. The lowest BCUT2D eigenvalue weighted by Gasteiger charge is -2.35. The first-order valence-corrected chi connectivity index (χ1v) is 7.56. The van der Waals surface area contributed by atoms with Crippen LogP contribution in [0, 0.1) is 17.3 Å². The van der Waals surface area contributed by atoms with Crippen LogP contribution in [0.2, 0.25) is 0 Å². The molecule has 1 aliphatic carbocycles. The largest absolute Gasteiger partial charge is 0.353 e. The van der Waals surface area contributed by atoms with Crippen LogP contribution >= 0.6 is 0 Å². The molecule has 2 fully saturated rings. The first-order valence-electron chi connectivity index (χ1n) is 7.56. The van der Waals surface area contributed by atoms with Crippen molar-refractivity contribution < 1.29 is 4.79 Å². The van der Waals surface area contributed by atoms with Crippen molar-refractivity contribution in [2.45, 2.75) is 58.9 Å². The van der Waals surface area contributed by atoms with Crippen LogP contribution in [0.4, 0.5) is 0 Å². The highest BCUT2D eigenvalue weighted by Gasteiger charge is 2.44. The molecule has 1 unspecified atom stereocenters. The Hall–Kier alpha value is -0.570. The fourth-order valence-electron chi connectivity index (χ4n) is 3.39. The van der Waals surface area contributed by atoms with E-state index in [9.17, 15) is 4.79 Å². The van der Waals surface area contributed by atoms with E-state index in [4.69, 9.17) is 0 Å². The van der Waals surface area contributed by atoms with Crippen LogP contribution in [0.1, 0.15) is 52.9 Å². The lowest BCUT2D eigenvalue weighted by atomic mass is 9.75. The molecule has 1 saturated heterocycles. The first-order chi connectivity index (χ1) is 8.54. The fraction of sp³-hybridized carbons (Fsp3) is 0.933. The molecule has 2 rings (SSSR count). The molecule has 104 valence electrons. The van der Waals surface area contributed by atoms with Crippen molar-refractivity contribution in [2.75, 3.05) is 13.1 Å². The summed E-state index contributed by atoms with van der Waals surface area (Å²) in [5.74, 6) is 1.54. The highest BCUT2D eigenvalue weighted by atomic mass is 16.2. The summed E-state index contributed by atoms with van der Waals surface area (Å²) >= 11 is 0. The van der Waals surface area contributed by atoms with Gasteiger partial charge in [0.15, 0.2) is 0 Å². The Morgan fingerprint density at radius 2 is 1.94 bits per heavy atom. The van der Waals surface area contributed by atoms with Crippen molar-refractivity contribution in [3.05, 3.63) is 0 Å². The molecular weight excluding hydrogens is 224 g/mol. The summed E-state index contributed by atoms with van der Waals surface area (Å²) < 4.78 is 0. The van der Waals surface area contributed by atoms with Crippen molar-refractivity contribution >= 4 is 5.91 Å². The van der Waals surface area contributed by atoms with E-state index in [1.807, 2.05) is 0 Å². The average molecular weight is 252 g/mol. The molecule has 0 aromatic heterocycles. The van der Waals surface area contributed by atoms with Crippen LogP contribution in [-0.2, 0) is 4.79 Å². The van der Waals surface area contributed by atoms with Gasteiger partial charge in [-0.15, -0.1) is 0 Å². The number of amides is 1. The van der Waals surface area contributed by atoms with Gasteiger partial charge in [0.1, 0.15) is 0 Å². The smallest absolute Gasteiger partial charge is 0.228 e. The van der Waals surface area contributed by atoms with Gasteiger partial charge in [-0.2, -0.15) is 0 Å². The van der Waals surface area contributed by atoms with Gasteiger partial charge in [0, 0.05) is 12.6 Å². The third-order valence-electron chi connectivity index (χ3n) is 5.10. The van der Waals surface area contributed by atoms with Gasteiger partial charge in [-0.3, -0.25) is 4.79 Å². The summed E-state index contributed by atoms with van der Waals surface area (Å²) in [6, 6.07) is 0.421. The number of hydrogen-bond donors (Lipinski definition) is 2. The number of rotatable bonds is 3. The van der Waals surface area contributed by atoms with Gasteiger partial charge in [-0.1, -0.05) is 20.8 Å². The van der Waals surface area contributed by atoms with Crippen LogP contribution in [0.15, 0.2) is 0 Å². The van der Waals surface area contributed by atoms with E-state index in [1.165, 1.54) is 12.8 Å². The van der Waals surface area contributed by atoms with Gasteiger partial charge >= 0.3 is 0 Å². The summed E-state index contributed by atoms with van der Waals surface area (Å²) in [7, 11) is 0. The molecule has 2 N–H and O–H groups in total. The number of nitrogens with one attached hydrogen (secondary N) is 2. The molecule has 1 saturated carbocycles. The Balaban J connectivity index is 1.94. The van der Waals surface area contributed by atoms with E-state index in [0.29, 0.717) is 17.9 Å². The van der Waals surface area contributed by atoms with E-state index in [0.717, 1.165) is 38.3 Å². The minimum atomic E-state index is -0.164. The normalized spacial score (nSPS) is 36.9. The molecular formula is C15H28N2O. The summed E-state index contributed by atoms with van der Waals surface area (Å²) in [5, 5.41) is 6.68. The molecule has 3 nitrogen and oxygen atoms in total. The first kappa shape index (κ1) is 13.9. The summed E-state index contributed by atoms with van der Waals surface area (Å²) in [6.07, 6.45) is 5.83. The van der Waals surface area contributed by atoms with Crippen LogP contribution in [0.5, 0.6) is 0 Å². The maximum absolute atomic E-state index is 12.6. The van der Waals surface area contributed by atoms with Crippen molar-refractivity contribution in [1.29, 1.82) is 0 Å². The summed E-state index contributed by atoms with van der Waals surface area (Å²) in [4.78, 5) is 12.6. The van der Waals surface area contributed by atoms with E-state index in [-0.39, 0.29) is 5.41 Å². The van der Waals surface area contributed by atoms with Crippen LogP contribution < -0.4 is 10.6 Å². The number of hydrogen-bond acceptors (Lipinski definition) is 2. The zero-order valence-corrected chi connectivity index (χ0v) is 12.1. The van der Waals surface area contributed by atoms with E-state index < -0.39 is 0 Å². The molecule has 1 heterocycles. The summed E-state index contributed by atoms with van der Waals surface area (Å²) in [5.41, 5.74) is -0.164. The molecule has 1 aliphatic heterocycles. The predicted octanol–water partition coefficient (Wildman–Crippen LogP) is 2.32. The molecule has 0 aromatic rings. The lowest BCUT2D eigenvalue weighted by molar-refractivity contribution is -0.133. The molecule has 0 aromatic carbocycles. The van der Waals surface area contributed by atoms with Crippen molar-refractivity contribution in [3.8, 4) is 0 Å². The Morgan fingerprint density at radius 3 is 2.44 bits per heavy atom. The predicted molar refractivity (Wildman–Crippen MR) is 74.3 cm³/mol. The number of carbonyl (C=O) groups is 1. The van der Waals surface area contributed by atoms with Crippen molar-refractivity contribution in [1.82, 2.24) is 10.6 Å². The van der Waals surface area contributed by atoms with E-state index >= 15 is 0 Å². The SMILES string of the molecule is CC1CCC(NC(=O)C2(C(C)C)CCNC2)CC1. The van der Waals surface area contributed by atoms with Gasteiger partial charge in [0.25, 0.3) is 0 Å². The maximum atomic E-state index is 12.6. The monoisotopic (exact) mass is 252 g/mol. The molecule has 0 radical (unpaired) electrons. The van der Waals surface area contributed by atoms with Crippen molar-refractivity contribution in [2.24, 2.45) is 17.3 Å². The second-order valence-electron chi connectivity index (χ2n) is 6.67. The van der Waals surface area contributed by atoms with Gasteiger partial charge in [0.2, 0.25) is 5.91 Å². The lowest BCUT2D eigenvalue weighted by Crippen LogP contribution is -2.50. The molecule has 1 atom stereocenters. The van der Waals surface area contributed by atoms with Crippen LogP contribution in [-0.4, -0.2) is 25.0 Å². The highest BCUT2D eigenvalue weighted by molar-refractivity contribution is 5.83. The molecule has 0 spiro atoms. The Kier molecular flexibility index (Phi) is 4.31. The van der Waals surface area contributed by atoms with Crippen molar-refractivity contribution in [3.63, 3.8) is 0 Å². The van der Waals surface area contributed by atoms with E-state index in [2.05, 4.69) is 31.4 Å². The zero-order valence-electron chi connectivity index (χ0n) is 12.1. The Bertz CT molecular complexity index is 287. The fourth-order valence-corrected chi connectivity index (χ4v) is 3.39. The zero-order chi connectivity index (χ0) is 13.2. The maximum Gasteiger partial charge on any atom is 0.228 e. The Morgan fingerprint density at radius 1 is 1.28 bits per heavy atom. The van der Waals surface area contributed by atoms with Gasteiger partial charge in [-0.25, -0.2) is 0 Å². The summed E-state index contributed by atoms with van der Waals surface area (Å²) in [6.45, 7) is 8.49. The van der Waals surface area contributed by atoms with Gasteiger partial charge in [-0.05, 0) is 50.5 Å². The topological polar surface area (TPSA) is 41.1 Å². The molecule has 2 aliphatic rings. The third kappa shape index (κ3) is 2.71. The standard InChI is InChI=1S/C15H28N2O/c1-11(2)15(8-9-16-10-15)14(18)17-13-6-4-12(3)5-7-13/h11-13,16H,4-10H2,1-3H3,(H,17,18). The van der Waals surface area contributed by atoms with Gasteiger partial charge < -0.3 is 10.6 Å². The minimum absolute atomic E-state index is 0.164. The molecule has 18 heavy (non-hydrogen) atoms. The average Bonchev–Trinajstić information content (AvgIpc) is 2.82. The second-order valence-corrected chi connectivity index (χ2v) is 6.67. The number of carbonyl (C=O) groups excluding carboxylic acids is 1. The van der Waals surface area contributed by atoms with Gasteiger partial charge in [0.05, 0.1) is 5.41 Å². The molecule has 3 heteroatoms. The van der Waals surface area contributed by atoms with Crippen LogP contribution in [0.3, 0.4) is 0 Å².